The second-order valence-electron chi connectivity index (χ2n) is 5.84. The summed E-state index contributed by atoms with van der Waals surface area (Å²) in [6.45, 7) is 9.44. The lowest BCUT2D eigenvalue weighted by atomic mass is 9.94. The lowest BCUT2D eigenvalue weighted by Crippen LogP contribution is -2.40. The van der Waals surface area contributed by atoms with Crippen molar-refractivity contribution < 1.29 is 9.90 Å². The van der Waals surface area contributed by atoms with Crippen LogP contribution in [-0.4, -0.2) is 28.6 Å². The Kier molecular flexibility index (Phi) is 4.13. The van der Waals surface area contributed by atoms with E-state index in [-0.39, 0.29) is 5.92 Å². The zero-order chi connectivity index (χ0) is 14.2. The lowest BCUT2D eigenvalue weighted by Gasteiger charge is -2.36. The van der Waals surface area contributed by atoms with Crippen molar-refractivity contribution in [3.63, 3.8) is 0 Å². The molecular formula is C14H22N2O2S. The van der Waals surface area contributed by atoms with E-state index in [1.807, 2.05) is 13.8 Å². The van der Waals surface area contributed by atoms with E-state index in [9.17, 15) is 9.90 Å². The summed E-state index contributed by atoms with van der Waals surface area (Å²) in [5, 5.41) is 10.2. The van der Waals surface area contributed by atoms with E-state index in [0.29, 0.717) is 10.9 Å². The van der Waals surface area contributed by atoms with Crippen LogP contribution in [0.2, 0.25) is 0 Å². The number of anilines is 1. The van der Waals surface area contributed by atoms with Crippen molar-refractivity contribution in [3.05, 3.63) is 10.6 Å². The molecule has 0 aliphatic carbocycles. The summed E-state index contributed by atoms with van der Waals surface area (Å²) in [5.41, 5.74) is 0.721. The van der Waals surface area contributed by atoms with Gasteiger partial charge in [0.15, 0.2) is 5.13 Å². The Morgan fingerprint density at radius 1 is 1.47 bits per heavy atom. The van der Waals surface area contributed by atoms with Gasteiger partial charge in [-0.15, -0.1) is 0 Å². The van der Waals surface area contributed by atoms with E-state index in [4.69, 9.17) is 0 Å². The second-order valence-corrected chi connectivity index (χ2v) is 6.82. The smallest absolute Gasteiger partial charge is 0.347 e. The SMILES string of the molecule is CC1CCN(c2nc(C(C)C)c(C(=O)O)s2)C(C)C1. The van der Waals surface area contributed by atoms with Crippen LogP contribution in [0.15, 0.2) is 0 Å². The van der Waals surface area contributed by atoms with Gasteiger partial charge in [0.1, 0.15) is 4.88 Å². The molecule has 1 aliphatic rings. The van der Waals surface area contributed by atoms with Crippen molar-refractivity contribution in [2.75, 3.05) is 11.4 Å². The third-order valence-corrected chi connectivity index (χ3v) is 4.86. The number of rotatable bonds is 3. The van der Waals surface area contributed by atoms with Crippen LogP contribution in [0.3, 0.4) is 0 Å². The van der Waals surface area contributed by atoms with E-state index in [2.05, 4.69) is 23.7 Å². The molecular weight excluding hydrogens is 260 g/mol. The predicted octanol–water partition coefficient (Wildman–Crippen LogP) is 3.59. The van der Waals surface area contributed by atoms with Gasteiger partial charge in [-0.2, -0.15) is 0 Å². The molecule has 0 saturated carbocycles. The van der Waals surface area contributed by atoms with Gasteiger partial charge in [-0.05, 0) is 31.6 Å². The van der Waals surface area contributed by atoms with Crippen molar-refractivity contribution in [1.29, 1.82) is 0 Å². The van der Waals surface area contributed by atoms with Crippen LogP contribution in [0.1, 0.15) is 61.8 Å². The molecule has 19 heavy (non-hydrogen) atoms. The van der Waals surface area contributed by atoms with Crippen LogP contribution in [-0.2, 0) is 0 Å². The van der Waals surface area contributed by atoms with Gasteiger partial charge < -0.3 is 10.0 Å². The van der Waals surface area contributed by atoms with Crippen molar-refractivity contribution in [2.24, 2.45) is 5.92 Å². The van der Waals surface area contributed by atoms with Crippen LogP contribution < -0.4 is 4.90 Å². The maximum absolute atomic E-state index is 11.3. The first-order valence-electron chi connectivity index (χ1n) is 6.90. The summed E-state index contributed by atoms with van der Waals surface area (Å²) in [7, 11) is 0. The maximum Gasteiger partial charge on any atom is 0.347 e. The highest BCUT2D eigenvalue weighted by Gasteiger charge is 2.28. The molecule has 1 aromatic heterocycles. The molecule has 4 nitrogen and oxygen atoms in total. The molecule has 1 aliphatic heterocycles. The largest absolute Gasteiger partial charge is 0.477 e. The van der Waals surface area contributed by atoms with E-state index >= 15 is 0 Å². The molecule has 0 amide bonds. The molecule has 5 heteroatoms. The fraction of sp³-hybridized carbons (Fsp3) is 0.714. The minimum Gasteiger partial charge on any atom is -0.477 e. The number of nitrogens with zero attached hydrogens (tertiary/aromatic N) is 2. The van der Waals surface area contributed by atoms with Crippen LogP contribution in [0.4, 0.5) is 5.13 Å². The fourth-order valence-corrected chi connectivity index (χ4v) is 3.87. The molecule has 1 N–H and O–H groups in total. The predicted molar refractivity (Wildman–Crippen MR) is 78.4 cm³/mol. The zero-order valence-corrected chi connectivity index (χ0v) is 12.8. The third kappa shape index (κ3) is 2.91. The van der Waals surface area contributed by atoms with Crippen LogP contribution in [0, 0.1) is 5.92 Å². The Labute approximate surface area is 118 Å². The number of hydrogen-bond acceptors (Lipinski definition) is 4. The number of carboxylic acid groups (broad SMARTS) is 1. The zero-order valence-electron chi connectivity index (χ0n) is 12.0. The minimum absolute atomic E-state index is 0.148. The van der Waals surface area contributed by atoms with Gasteiger partial charge in [0, 0.05) is 12.6 Å². The molecule has 2 unspecified atom stereocenters. The third-order valence-electron chi connectivity index (χ3n) is 3.77. The van der Waals surface area contributed by atoms with Gasteiger partial charge in [-0.25, -0.2) is 9.78 Å². The first kappa shape index (κ1) is 14.3. The first-order chi connectivity index (χ1) is 8.90. The molecule has 2 heterocycles. The molecule has 2 rings (SSSR count). The molecule has 0 aromatic carbocycles. The Bertz CT molecular complexity index is 470. The quantitative estimate of drug-likeness (QED) is 0.920. The monoisotopic (exact) mass is 282 g/mol. The molecule has 0 bridgehead atoms. The Hall–Kier alpha value is -1.10. The van der Waals surface area contributed by atoms with Gasteiger partial charge in [0.05, 0.1) is 5.69 Å². The van der Waals surface area contributed by atoms with Crippen LogP contribution >= 0.6 is 11.3 Å². The number of hydrogen-bond donors (Lipinski definition) is 1. The van der Waals surface area contributed by atoms with Gasteiger partial charge in [0.25, 0.3) is 0 Å². The number of aromatic nitrogens is 1. The summed E-state index contributed by atoms with van der Waals surface area (Å²) in [4.78, 5) is 18.6. The number of aromatic carboxylic acids is 1. The standard InChI is InChI=1S/C14H22N2O2S/c1-8(2)11-12(13(17)18)19-14(15-11)16-6-5-9(3)7-10(16)4/h8-10H,5-7H2,1-4H3,(H,17,18). The number of carbonyl (C=O) groups is 1. The number of thiazole rings is 1. The molecule has 0 radical (unpaired) electrons. The lowest BCUT2D eigenvalue weighted by molar-refractivity contribution is 0.0700. The maximum atomic E-state index is 11.3. The van der Waals surface area contributed by atoms with Gasteiger partial charge in [-0.1, -0.05) is 32.1 Å². The molecule has 106 valence electrons. The Balaban J connectivity index is 2.30. The van der Waals surface area contributed by atoms with Gasteiger partial charge in [0.2, 0.25) is 0 Å². The van der Waals surface area contributed by atoms with Crippen LogP contribution in [0.5, 0.6) is 0 Å². The highest BCUT2D eigenvalue weighted by Crippen LogP contribution is 2.34. The fourth-order valence-electron chi connectivity index (χ4n) is 2.68. The molecule has 2 atom stereocenters. The Morgan fingerprint density at radius 2 is 2.16 bits per heavy atom. The van der Waals surface area contributed by atoms with Gasteiger partial charge >= 0.3 is 5.97 Å². The van der Waals surface area contributed by atoms with Crippen molar-refractivity contribution in [3.8, 4) is 0 Å². The van der Waals surface area contributed by atoms with E-state index in [1.54, 1.807) is 0 Å². The van der Waals surface area contributed by atoms with Crippen LogP contribution in [0.25, 0.3) is 0 Å². The molecule has 1 fully saturated rings. The summed E-state index contributed by atoms with van der Waals surface area (Å²) in [6, 6.07) is 0.441. The molecule has 1 saturated heterocycles. The average Bonchev–Trinajstić information content (AvgIpc) is 2.73. The topological polar surface area (TPSA) is 53.4 Å². The van der Waals surface area contributed by atoms with E-state index in [0.717, 1.165) is 36.1 Å². The minimum atomic E-state index is -0.856. The summed E-state index contributed by atoms with van der Waals surface area (Å²) < 4.78 is 0. The Morgan fingerprint density at radius 3 is 2.63 bits per heavy atom. The van der Waals surface area contributed by atoms with Crippen molar-refractivity contribution >= 4 is 22.4 Å². The normalized spacial score (nSPS) is 23.9. The summed E-state index contributed by atoms with van der Waals surface area (Å²) in [5.74, 6) is 0.0373. The average molecular weight is 282 g/mol. The van der Waals surface area contributed by atoms with Crippen molar-refractivity contribution in [1.82, 2.24) is 4.98 Å². The van der Waals surface area contributed by atoms with Crippen molar-refractivity contribution in [2.45, 2.75) is 52.5 Å². The van der Waals surface area contributed by atoms with E-state index in [1.165, 1.54) is 11.3 Å². The number of piperidine rings is 1. The first-order valence-corrected chi connectivity index (χ1v) is 7.72. The molecule has 0 spiro atoms. The second kappa shape index (κ2) is 5.49. The highest BCUT2D eigenvalue weighted by molar-refractivity contribution is 7.17. The van der Waals surface area contributed by atoms with Gasteiger partial charge in [-0.3, -0.25) is 0 Å². The number of carboxylic acids is 1. The highest BCUT2D eigenvalue weighted by atomic mass is 32.1. The van der Waals surface area contributed by atoms with E-state index < -0.39 is 5.97 Å². The molecule has 1 aromatic rings. The summed E-state index contributed by atoms with van der Waals surface area (Å²) in [6.07, 6.45) is 2.31. The summed E-state index contributed by atoms with van der Waals surface area (Å²) >= 11 is 1.32.